The summed E-state index contributed by atoms with van der Waals surface area (Å²) in [5.41, 5.74) is 0. The number of nitrogens with one attached hydrogen (secondary N) is 1. The lowest BCUT2D eigenvalue weighted by Gasteiger charge is -2.25. The summed E-state index contributed by atoms with van der Waals surface area (Å²) in [5, 5.41) is 11.5. The topological polar surface area (TPSA) is 105 Å². The van der Waals surface area contributed by atoms with E-state index in [0.717, 1.165) is 0 Å². The third-order valence-electron chi connectivity index (χ3n) is 2.69. The first-order valence-electron chi connectivity index (χ1n) is 6.76. The molecule has 0 bridgehead atoms. The van der Waals surface area contributed by atoms with Crippen molar-refractivity contribution in [2.24, 2.45) is 5.92 Å². The zero-order valence-corrected chi connectivity index (χ0v) is 12.9. The lowest BCUT2D eigenvalue weighted by molar-refractivity contribution is -0.143. The van der Waals surface area contributed by atoms with Gasteiger partial charge < -0.3 is 24.8 Å². The highest BCUT2D eigenvalue weighted by Crippen LogP contribution is 2.03. The van der Waals surface area contributed by atoms with Crippen LogP contribution in [0.5, 0.6) is 0 Å². The summed E-state index contributed by atoms with van der Waals surface area (Å²) in [6.07, 6.45) is 0. The van der Waals surface area contributed by atoms with E-state index in [1.54, 1.807) is 20.8 Å². The minimum Gasteiger partial charge on any atom is -0.480 e. The predicted octanol–water partition coefficient (Wildman–Crippen LogP) is 0.317. The molecule has 1 atom stereocenters. The van der Waals surface area contributed by atoms with Gasteiger partial charge >= 0.3 is 18.0 Å². The molecule has 0 aliphatic heterocycles. The number of carbonyl (C=O) groups excluding carboxylic acids is 2. The van der Waals surface area contributed by atoms with Crippen LogP contribution in [-0.4, -0.2) is 67.4 Å². The van der Waals surface area contributed by atoms with Gasteiger partial charge in [0.25, 0.3) is 0 Å². The first-order valence-corrected chi connectivity index (χ1v) is 6.76. The van der Waals surface area contributed by atoms with Gasteiger partial charge in [0.2, 0.25) is 0 Å². The van der Waals surface area contributed by atoms with Crippen molar-refractivity contribution in [2.75, 3.05) is 33.4 Å². The molecule has 0 unspecified atom stereocenters. The van der Waals surface area contributed by atoms with Crippen molar-refractivity contribution in [3.8, 4) is 0 Å². The SMILES string of the molecule is CCOC(=O)CN(CCOC)C(=O)N[C@@H](C(=O)O)C(C)C. The van der Waals surface area contributed by atoms with E-state index in [0.29, 0.717) is 0 Å². The fraction of sp³-hybridized carbons (Fsp3) is 0.769. The number of rotatable bonds is 9. The van der Waals surface area contributed by atoms with Gasteiger partial charge in [-0.25, -0.2) is 9.59 Å². The van der Waals surface area contributed by atoms with E-state index in [-0.39, 0.29) is 32.2 Å². The fourth-order valence-corrected chi connectivity index (χ4v) is 1.55. The number of ether oxygens (including phenoxy) is 2. The molecule has 0 aromatic rings. The average Bonchev–Trinajstić information content (AvgIpc) is 2.39. The molecule has 0 radical (unpaired) electrons. The van der Waals surface area contributed by atoms with Crippen LogP contribution in [0.3, 0.4) is 0 Å². The van der Waals surface area contributed by atoms with Gasteiger partial charge in [0.15, 0.2) is 0 Å². The molecule has 0 saturated heterocycles. The Bertz CT molecular complexity index is 359. The van der Waals surface area contributed by atoms with Crippen LogP contribution in [0.1, 0.15) is 20.8 Å². The highest BCUT2D eigenvalue weighted by molar-refractivity contribution is 5.85. The van der Waals surface area contributed by atoms with Gasteiger partial charge in [0.05, 0.1) is 13.2 Å². The molecule has 122 valence electrons. The maximum Gasteiger partial charge on any atom is 0.326 e. The molecule has 0 aromatic carbocycles. The monoisotopic (exact) mass is 304 g/mol. The van der Waals surface area contributed by atoms with Gasteiger partial charge in [-0.05, 0) is 12.8 Å². The molecule has 8 heteroatoms. The number of hydrogen-bond donors (Lipinski definition) is 2. The van der Waals surface area contributed by atoms with Crippen molar-refractivity contribution in [1.82, 2.24) is 10.2 Å². The number of aliphatic carboxylic acids is 1. The smallest absolute Gasteiger partial charge is 0.326 e. The second-order valence-electron chi connectivity index (χ2n) is 4.73. The molecule has 0 aliphatic carbocycles. The molecule has 0 heterocycles. The van der Waals surface area contributed by atoms with Crippen molar-refractivity contribution < 1.29 is 29.0 Å². The maximum absolute atomic E-state index is 12.1. The number of carboxylic acid groups (broad SMARTS) is 1. The van der Waals surface area contributed by atoms with Crippen LogP contribution >= 0.6 is 0 Å². The van der Waals surface area contributed by atoms with Crippen LogP contribution in [0.4, 0.5) is 4.79 Å². The van der Waals surface area contributed by atoms with E-state index in [2.05, 4.69) is 5.32 Å². The Balaban J connectivity index is 4.76. The molecule has 21 heavy (non-hydrogen) atoms. The van der Waals surface area contributed by atoms with Gasteiger partial charge in [0.1, 0.15) is 12.6 Å². The number of hydrogen-bond acceptors (Lipinski definition) is 5. The van der Waals surface area contributed by atoms with Crippen LogP contribution in [-0.2, 0) is 19.1 Å². The van der Waals surface area contributed by atoms with Crippen molar-refractivity contribution in [3.63, 3.8) is 0 Å². The summed E-state index contributed by atoms with van der Waals surface area (Å²) < 4.78 is 9.66. The van der Waals surface area contributed by atoms with Crippen LogP contribution in [0.25, 0.3) is 0 Å². The van der Waals surface area contributed by atoms with E-state index in [1.165, 1.54) is 12.0 Å². The molecule has 8 nitrogen and oxygen atoms in total. The van der Waals surface area contributed by atoms with E-state index in [4.69, 9.17) is 14.6 Å². The Hall–Kier alpha value is -1.83. The Morgan fingerprint density at radius 1 is 1.29 bits per heavy atom. The number of esters is 1. The molecule has 0 rings (SSSR count). The third-order valence-corrected chi connectivity index (χ3v) is 2.69. The largest absolute Gasteiger partial charge is 0.480 e. The lowest BCUT2D eigenvalue weighted by atomic mass is 10.1. The molecule has 0 spiro atoms. The van der Waals surface area contributed by atoms with Crippen LogP contribution in [0.2, 0.25) is 0 Å². The van der Waals surface area contributed by atoms with Gasteiger partial charge in [0, 0.05) is 13.7 Å². The molecule has 0 aliphatic rings. The summed E-state index contributed by atoms with van der Waals surface area (Å²) in [5.74, 6) is -1.96. The number of urea groups is 1. The standard InChI is InChI=1S/C13H24N2O6/c1-5-21-10(16)8-15(6-7-20-4)13(19)14-11(9(2)3)12(17)18/h9,11H,5-8H2,1-4H3,(H,14,19)(H,17,18)/t11-/m1/s1. The molecule has 2 amide bonds. The molecule has 2 N–H and O–H groups in total. The fourth-order valence-electron chi connectivity index (χ4n) is 1.55. The van der Waals surface area contributed by atoms with Gasteiger partial charge in [-0.1, -0.05) is 13.8 Å². The number of carbonyl (C=O) groups is 3. The van der Waals surface area contributed by atoms with Gasteiger partial charge in [-0.15, -0.1) is 0 Å². The molecule has 0 aromatic heterocycles. The Labute approximate surface area is 124 Å². The number of methoxy groups -OCH3 is 1. The van der Waals surface area contributed by atoms with E-state index in [1.807, 2.05) is 0 Å². The molecular formula is C13H24N2O6. The van der Waals surface area contributed by atoms with Crippen LogP contribution in [0, 0.1) is 5.92 Å². The minimum atomic E-state index is -1.12. The van der Waals surface area contributed by atoms with Crippen molar-refractivity contribution in [3.05, 3.63) is 0 Å². The third kappa shape index (κ3) is 7.50. The zero-order chi connectivity index (χ0) is 16.4. The Morgan fingerprint density at radius 2 is 1.90 bits per heavy atom. The van der Waals surface area contributed by atoms with Crippen molar-refractivity contribution in [2.45, 2.75) is 26.8 Å². The summed E-state index contributed by atoms with van der Waals surface area (Å²) in [7, 11) is 1.47. The van der Waals surface area contributed by atoms with E-state index < -0.39 is 24.0 Å². The molecule has 0 fully saturated rings. The summed E-state index contributed by atoms with van der Waals surface area (Å²) in [4.78, 5) is 35.8. The normalized spacial score (nSPS) is 11.9. The first kappa shape index (κ1) is 19.2. The quantitative estimate of drug-likeness (QED) is 0.594. The zero-order valence-electron chi connectivity index (χ0n) is 12.9. The Morgan fingerprint density at radius 3 is 2.33 bits per heavy atom. The highest BCUT2D eigenvalue weighted by Gasteiger charge is 2.26. The van der Waals surface area contributed by atoms with Crippen LogP contribution in [0.15, 0.2) is 0 Å². The van der Waals surface area contributed by atoms with Crippen LogP contribution < -0.4 is 5.32 Å². The number of carboxylic acids is 1. The van der Waals surface area contributed by atoms with Gasteiger partial charge in [-0.2, -0.15) is 0 Å². The number of amides is 2. The summed E-state index contributed by atoms with van der Waals surface area (Å²) >= 11 is 0. The first-order chi connectivity index (χ1) is 9.83. The number of nitrogens with zero attached hydrogens (tertiary/aromatic N) is 1. The minimum absolute atomic E-state index is 0.158. The van der Waals surface area contributed by atoms with Crippen molar-refractivity contribution in [1.29, 1.82) is 0 Å². The van der Waals surface area contributed by atoms with E-state index >= 15 is 0 Å². The Kier molecular flexibility index (Phi) is 9.11. The van der Waals surface area contributed by atoms with Crippen molar-refractivity contribution >= 4 is 18.0 Å². The second-order valence-corrected chi connectivity index (χ2v) is 4.73. The predicted molar refractivity (Wildman–Crippen MR) is 74.9 cm³/mol. The average molecular weight is 304 g/mol. The summed E-state index contributed by atoms with van der Waals surface area (Å²) in [6, 6.07) is -1.66. The second kappa shape index (κ2) is 9.98. The maximum atomic E-state index is 12.1. The van der Waals surface area contributed by atoms with E-state index in [9.17, 15) is 14.4 Å². The summed E-state index contributed by atoms with van der Waals surface area (Å²) in [6.45, 7) is 5.37. The molecule has 0 saturated carbocycles. The lowest BCUT2D eigenvalue weighted by Crippen LogP contribution is -2.52. The van der Waals surface area contributed by atoms with Gasteiger partial charge in [-0.3, -0.25) is 4.79 Å². The highest BCUT2D eigenvalue weighted by atomic mass is 16.5. The molecular weight excluding hydrogens is 280 g/mol.